The van der Waals surface area contributed by atoms with Gasteiger partial charge >= 0.3 is 0 Å². The summed E-state index contributed by atoms with van der Waals surface area (Å²) in [5, 5.41) is 1.68. The van der Waals surface area contributed by atoms with Gasteiger partial charge in [-0.1, -0.05) is 35.5 Å². The molecule has 0 saturated carbocycles. The minimum atomic E-state index is 0.780. The quantitative estimate of drug-likeness (QED) is 0.212. The summed E-state index contributed by atoms with van der Waals surface area (Å²) in [5.74, 6) is 2.68. The average molecular weight is 470 g/mol. The smallest absolute Gasteiger partial charge is 0.166 e. The van der Waals surface area contributed by atoms with Crippen LogP contribution in [-0.4, -0.2) is 27.8 Å². The van der Waals surface area contributed by atoms with E-state index in [0.717, 1.165) is 57.0 Å². The van der Waals surface area contributed by atoms with Crippen LogP contribution < -0.4 is 4.74 Å². The average Bonchev–Trinajstić information content (AvgIpc) is 3.20. The third kappa shape index (κ3) is 5.76. The monoisotopic (exact) mass is 469 g/mol. The maximum Gasteiger partial charge on any atom is 0.166 e. The topological polar surface area (TPSA) is 50.8 Å². The molecule has 4 aromatic rings. The number of benzene rings is 2. The van der Waals surface area contributed by atoms with Gasteiger partial charge in [0.1, 0.15) is 5.75 Å². The molecule has 160 valence electrons. The third-order valence-corrected chi connectivity index (χ3v) is 7.43. The molecule has 4 rings (SSSR count). The normalized spacial score (nSPS) is 11.2. The summed E-state index contributed by atoms with van der Waals surface area (Å²) in [6.07, 6.45) is 4.10. The van der Waals surface area contributed by atoms with E-state index in [4.69, 9.17) is 16.3 Å². The van der Waals surface area contributed by atoms with Crippen molar-refractivity contribution in [2.75, 3.05) is 12.9 Å². The number of thioether (sulfide) groups is 2. The van der Waals surface area contributed by atoms with Crippen LogP contribution in [0.4, 0.5) is 0 Å². The largest absolute Gasteiger partial charge is 0.497 e. The van der Waals surface area contributed by atoms with Crippen molar-refractivity contribution in [3.63, 3.8) is 0 Å². The zero-order chi connectivity index (χ0) is 21.6. The molecule has 0 spiro atoms. The summed E-state index contributed by atoms with van der Waals surface area (Å²) >= 11 is 9.53. The molecule has 2 aromatic carbocycles. The molecule has 4 nitrogen and oxygen atoms in total. The summed E-state index contributed by atoms with van der Waals surface area (Å²) in [6.45, 7) is 2.16. The molecule has 0 amide bonds. The van der Waals surface area contributed by atoms with Gasteiger partial charge in [0.05, 0.1) is 23.8 Å². The van der Waals surface area contributed by atoms with Gasteiger partial charge in [0, 0.05) is 27.9 Å². The number of H-pyrrole nitrogens is 1. The molecule has 0 unspecified atom stereocenters. The standard InChI is InChI=1S/C24H24ClN3OS2/c1-16-22(15-31-24-27-20-10-9-19(29-2)14-21(20)28-24)26-12-11-23(16)30-13-3-4-17-5-7-18(25)8-6-17/h5-12,14H,3-4,13,15H2,1-2H3,(H,27,28). The van der Waals surface area contributed by atoms with Crippen LogP contribution in [0.15, 0.2) is 64.8 Å². The molecular formula is C24H24ClN3OS2. The lowest BCUT2D eigenvalue weighted by molar-refractivity contribution is 0.415. The molecule has 0 saturated heterocycles. The molecule has 0 radical (unpaired) electrons. The van der Waals surface area contributed by atoms with Gasteiger partial charge in [-0.15, -0.1) is 11.8 Å². The molecule has 0 bridgehead atoms. The van der Waals surface area contributed by atoms with Crippen LogP contribution in [-0.2, 0) is 12.2 Å². The van der Waals surface area contributed by atoms with Gasteiger partial charge in [-0.3, -0.25) is 4.98 Å². The number of aromatic amines is 1. The zero-order valence-corrected chi connectivity index (χ0v) is 19.9. The van der Waals surface area contributed by atoms with Crippen LogP contribution in [0.3, 0.4) is 0 Å². The number of nitrogens with one attached hydrogen (secondary N) is 1. The number of hydrogen-bond acceptors (Lipinski definition) is 5. The second kappa shape index (κ2) is 10.4. The molecule has 0 fully saturated rings. The fraction of sp³-hybridized carbons (Fsp3) is 0.250. The highest BCUT2D eigenvalue weighted by Gasteiger charge is 2.10. The van der Waals surface area contributed by atoms with Crippen molar-refractivity contribution in [3.8, 4) is 5.75 Å². The number of nitrogens with zero attached hydrogens (tertiary/aromatic N) is 2. The van der Waals surface area contributed by atoms with E-state index in [-0.39, 0.29) is 0 Å². The van der Waals surface area contributed by atoms with Crippen LogP contribution >= 0.6 is 35.1 Å². The number of pyridine rings is 1. The minimum absolute atomic E-state index is 0.780. The summed E-state index contributed by atoms with van der Waals surface area (Å²) < 4.78 is 5.29. The molecule has 1 N–H and O–H groups in total. The first-order valence-corrected chi connectivity index (χ1v) is 12.5. The number of rotatable bonds is 9. The van der Waals surface area contributed by atoms with E-state index < -0.39 is 0 Å². The summed E-state index contributed by atoms with van der Waals surface area (Å²) in [4.78, 5) is 13.9. The molecule has 2 aromatic heterocycles. The van der Waals surface area contributed by atoms with Crippen LogP contribution in [0.1, 0.15) is 23.2 Å². The highest BCUT2D eigenvalue weighted by atomic mass is 35.5. The van der Waals surface area contributed by atoms with Crippen molar-refractivity contribution in [2.24, 2.45) is 0 Å². The van der Waals surface area contributed by atoms with E-state index in [9.17, 15) is 0 Å². The predicted octanol–water partition coefficient (Wildman–Crippen LogP) is 6.95. The van der Waals surface area contributed by atoms with Crippen LogP contribution in [0.5, 0.6) is 5.75 Å². The molecule has 0 aliphatic rings. The van der Waals surface area contributed by atoms with Gasteiger partial charge in [-0.05, 0) is 67.0 Å². The Morgan fingerprint density at radius 1 is 1.06 bits per heavy atom. The van der Waals surface area contributed by atoms with Gasteiger partial charge in [0.15, 0.2) is 5.16 Å². The van der Waals surface area contributed by atoms with Gasteiger partial charge in [0.25, 0.3) is 0 Å². The zero-order valence-electron chi connectivity index (χ0n) is 17.5. The van der Waals surface area contributed by atoms with E-state index in [2.05, 4.69) is 40.1 Å². The van der Waals surface area contributed by atoms with Crippen molar-refractivity contribution in [3.05, 3.63) is 76.6 Å². The summed E-state index contributed by atoms with van der Waals surface area (Å²) in [5.41, 5.74) is 5.61. The number of methoxy groups -OCH3 is 1. The lowest BCUT2D eigenvalue weighted by Crippen LogP contribution is -1.95. The first kappa shape index (κ1) is 22.1. The fourth-order valence-electron chi connectivity index (χ4n) is 3.27. The number of aryl methyl sites for hydroxylation is 1. The van der Waals surface area contributed by atoms with Crippen molar-refractivity contribution >= 4 is 46.2 Å². The third-order valence-electron chi connectivity index (χ3n) is 5.05. The molecule has 31 heavy (non-hydrogen) atoms. The molecule has 0 atom stereocenters. The molecular weight excluding hydrogens is 446 g/mol. The number of hydrogen-bond donors (Lipinski definition) is 1. The molecule has 7 heteroatoms. The number of fused-ring (bicyclic) bond motifs is 1. The SMILES string of the molecule is COc1ccc2nc(SCc3nccc(SCCCc4ccc(Cl)cc4)c3C)[nH]c2c1. The Labute approximate surface area is 196 Å². The second-order valence-electron chi connectivity index (χ2n) is 7.17. The van der Waals surface area contributed by atoms with Gasteiger partial charge in [0.2, 0.25) is 0 Å². The summed E-state index contributed by atoms with van der Waals surface area (Å²) in [6, 6.07) is 16.1. The first-order valence-electron chi connectivity index (χ1n) is 10.1. The Bertz CT molecular complexity index is 1160. The molecule has 0 aliphatic heterocycles. The van der Waals surface area contributed by atoms with E-state index in [1.807, 2.05) is 48.3 Å². The highest BCUT2D eigenvalue weighted by Crippen LogP contribution is 2.29. The predicted molar refractivity (Wildman–Crippen MR) is 132 cm³/mol. The first-order chi connectivity index (χ1) is 15.1. The van der Waals surface area contributed by atoms with Crippen molar-refractivity contribution in [2.45, 2.75) is 35.6 Å². The minimum Gasteiger partial charge on any atom is -0.497 e. The summed E-state index contributed by atoms with van der Waals surface area (Å²) in [7, 11) is 1.67. The van der Waals surface area contributed by atoms with E-state index in [1.165, 1.54) is 16.0 Å². The van der Waals surface area contributed by atoms with E-state index in [0.29, 0.717) is 0 Å². The van der Waals surface area contributed by atoms with E-state index >= 15 is 0 Å². The van der Waals surface area contributed by atoms with Crippen molar-refractivity contribution in [1.82, 2.24) is 15.0 Å². The Balaban J connectivity index is 1.33. The molecule has 2 heterocycles. The Hall–Kier alpha value is -2.15. The maximum atomic E-state index is 5.96. The Morgan fingerprint density at radius 3 is 2.71 bits per heavy atom. The number of ether oxygens (including phenoxy) is 1. The Kier molecular flexibility index (Phi) is 7.43. The second-order valence-corrected chi connectivity index (χ2v) is 9.71. The number of halogens is 1. The van der Waals surface area contributed by atoms with Crippen LogP contribution in [0, 0.1) is 6.92 Å². The van der Waals surface area contributed by atoms with Crippen molar-refractivity contribution < 1.29 is 4.74 Å². The van der Waals surface area contributed by atoms with E-state index in [1.54, 1.807) is 18.9 Å². The van der Waals surface area contributed by atoms with Crippen molar-refractivity contribution in [1.29, 1.82) is 0 Å². The lowest BCUT2D eigenvalue weighted by atomic mass is 10.1. The maximum absolute atomic E-state index is 5.96. The Morgan fingerprint density at radius 2 is 1.90 bits per heavy atom. The fourth-order valence-corrected chi connectivity index (χ4v) is 5.30. The number of imidazole rings is 1. The van der Waals surface area contributed by atoms with Gasteiger partial charge in [-0.25, -0.2) is 4.98 Å². The van der Waals surface area contributed by atoms with Gasteiger partial charge in [-0.2, -0.15) is 0 Å². The molecule has 0 aliphatic carbocycles. The highest BCUT2D eigenvalue weighted by molar-refractivity contribution is 7.99. The van der Waals surface area contributed by atoms with Crippen LogP contribution in [0.25, 0.3) is 11.0 Å². The van der Waals surface area contributed by atoms with Crippen LogP contribution in [0.2, 0.25) is 5.02 Å². The lowest BCUT2D eigenvalue weighted by Gasteiger charge is -2.09. The number of aromatic nitrogens is 3. The van der Waals surface area contributed by atoms with Gasteiger partial charge < -0.3 is 9.72 Å².